The molecule has 0 aliphatic heterocycles. The molecule has 0 amide bonds. The zero-order valence-electron chi connectivity index (χ0n) is 15.3. The Hall–Kier alpha value is -1.58. The normalized spacial score (nSPS) is 12.7. The van der Waals surface area contributed by atoms with E-state index in [1.165, 1.54) is 32.2 Å². The minimum Gasteiger partial charge on any atom is -0.497 e. The number of aliphatic hydroxyl groups is 1. The van der Waals surface area contributed by atoms with E-state index in [9.17, 15) is 5.11 Å². The van der Waals surface area contributed by atoms with Crippen molar-refractivity contribution in [3.63, 3.8) is 0 Å². The van der Waals surface area contributed by atoms with Crippen LogP contribution in [0.4, 0.5) is 0 Å². The van der Waals surface area contributed by atoms with Gasteiger partial charge in [0.2, 0.25) is 0 Å². The van der Waals surface area contributed by atoms with E-state index in [0.717, 1.165) is 34.9 Å². The second-order valence-corrected chi connectivity index (χ2v) is 6.81. The van der Waals surface area contributed by atoms with Crippen molar-refractivity contribution >= 4 is 10.8 Å². The second kappa shape index (κ2) is 9.65. The maximum absolute atomic E-state index is 10.6. The Balaban J connectivity index is 1.84. The van der Waals surface area contributed by atoms with Crippen molar-refractivity contribution in [2.45, 2.75) is 44.6 Å². The van der Waals surface area contributed by atoms with Crippen LogP contribution < -0.4 is 4.74 Å². The molecule has 3 heteroatoms. The maximum atomic E-state index is 10.6. The zero-order valence-corrected chi connectivity index (χ0v) is 15.3. The highest BCUT2D eigenvalue weighted by atomic mass is 16.5. The predicted octanol–water partition coefficient (Wildman–Crippen LogP) is 4.78. The topological polar surface area (TPSA) is 32.7 Å². The van der Waals surface area contributed by atoms with E-state index in [4.69, 9.17) is 4.74 Å². The van der Waals surface area contributed by atoms with Crippen LogP contribution in [-0.2, 0) is 0 Å². The first-order valence-electron chi connectivity index (χ1n) is 9.01. The lowest BCUT2D eigenvalue weighted by Crippen LogP contribution is -2.12. The Morgan fingerprint density at radius 2 is 1.75 bits per heavy atom. The fourth-order valence-corrected chi connectivity index (χ4v) is 3.16. The Morgan fingerprint density at radius 1 is 1.00 bits per heavy atom. The summed E-state index contributed by atoms with van der Waals surface area (Å²) in [6, 6.07) is 12.2. The molecule has 0 aliphatic rings. The van der Waals surface area contributed by atoms with Crippen molar-refractivity contribution in [2.24, 2.45) is 0 Å². The van der Waals surface area contributed by atoms with Crippen LogP contribution >= 0.6 is 0 Å². The molecular weight excluding hydrogens is 298 g/mol. The molecular formula is C21H31NO2. The monoisotopic (exact) mass is 329 g/mol. The summed E-state index contributed by atoms with van der Waals surface area (Å²) in [5.74, 6) is 0.854. The Morgan fingerprint density at radius 3 is 2.50 bits per heavy atom. The number of rotatable bonds is 10. The summed E-state index contributed by atoms with van der Waals surface area (Å²) in [4.78, 5) is 2.24. The predicted molar refractivity (Wildman–Crippen MR) is 102 cm³/mol. The lowest BCUT2D eigenvalue weighted by atomic mass is 9.96. The van der Waals surface area contributed by atoms with E-state index in [-0.39, 0.29) is 6.10 Å². The molecule has 2 aromatic carbocycles. The van der Waals surface area contributed by atoms with Gasteiger partial charge in [0, 0.05) is 0 Å². The summed E-state index contributed by atoms with van der Waals surface area (Å²) in [7, 11) is 5.92. The SMILES string of the molecule is COc1ccc2c(C(O)CCCCCCCN(C)C)cccc2c1. The van der Waals surface area contributed by atoms with E-state index in [0.29, 0.717) is 0 Å². The number of hydrogen-bond donors (Lipinski definition) is 1. The molecule has 0 saturated heterocycles. The lowest BCUT2D eigenvalue weighted by molar-refractivity contribution is 0.165. The Bertz CT molecular complexity index is 624. The number of aliphatic hydroxyl groups excluding tert-OH is 1. The van der Waals surface area contributed by atoms with Crippen LogP contribution in [0.3, 0.4) is 0 Å². The van der Waals surface area contributed by atoms with Gasteiger partial charge in [0.25, 0.3) is 0 Å². The molecule has 3 nitrogen and oxygen atoms in total. The summed E-state index contributed by atoms with van der Waals surface area (Å²) in [6.07, 6.45) is 6.53. The molecule has 132 valence electrons. The van der Waals surface area contributed by atoms with Crippen molar-refractivity contribution in [3.8, 4) is 5.75 Å². The average Bonchev–Trinajstić information content (AvgIpc) is 2.59. The van der Waals surface area contributed by atoms with Crippen molar-refractivity contribution in [2.75, 3.05) is 27.7 Å². The molecule has 0 aromatic heterocycles. The molecule has 0 bridgehead atoms. The first kappa shape index (κ1) is 18.8. The first-order valence-corrected chi connectivity index (χ1v) is 9.01. The average molecular weight is 329 g/mol. The summed E-state index contributed by atoms with van der Waals surface area (Å²) in [5.41, 5.74) is 1.03. The molecule has 2 aromatic rings. The molecule has 2 rings (SSSR count). The number of benzene rings is 2. The fraction of sp³-hybridized carbons (Fsp3) is 0.524. The van der Waals surface area contributed by atoms with Crippen LogP contribution in [-0.4, -0.2) is 37.8 Å². The molecule has 0 radical (unpaired) electrons. The van der Waals surface area contributed by atoms with Crippen LogP contribution in [0.25, 0.3) is 10.8 Å². The third kappa shape index (κ3) is 5.50. The van der Waals surface area contributed by atoms with Crippen LogP contribution in [0.15, 0.2) is 36.4 Å². The van der Waals surface area contributed by atoms with Crippen molar-refractivity contribution in [1.82, 2.24) is 4.90 Å². The molecule has 1 unspecified atom stereocenters. The molecule has 1 atom stereocenters. The number of unbranched alkanes of at least 4 members (excludes halogenated alkanes) is 4. The summed E-state index contributed by atoms with van der Waals surface area (Å²) < 4.78 is 5.28. The minimum atomic E-state index is -0.385. The summed E-state index contributed by atoms with van der Waals surface area (Å²) in [5, 5.41) is 12.8. The maximum Gasteiger partial charge on any atom is 0.119 e. The van der Waals surface area contributed by atoms with E-state index in [1.807, 2.05) is 30.3 Å². The highest BCUT2D eigenvalue weighted by Crippen LogP contribution is 2.30. The molecule has 0 saturated carbocycles. The van der Waals surface area contributed by atoms with Crippen LogP contribution in [0.5, 0.6) is 5.75 Å². The summed E-state index contributed by atoms with van der Waals surface area (Å²) >= 11 is 0. The van der Waals surface area contributed by atoms with Gasteiger partial charge in [0.15, 0.2) is 0 Å². The lowest BCUT2D eigenvalue weighted by Gasteiger charge is -2.14. The molecule has 0 aliphatic carbocycles. The van der Waals surface area contributed by atoms with Crippen molar-refractivity contribution in [3.05, 3.63) is 42.0 Å². The van der Waals surface area contributed by atoms with Gasteiger partial charge < -0.3 is 14.7 Å². The minimum absolute atomic E-state index is 0.385. The van der Waals surface area contributed by atoms with Crippen molar-refractivity contribution in [1.29, 1.82) is 0 Å². The largest absolute Gasteiger partial charge is 0.497 e. The zero-order chi connectivity index (χ0) is 17.4. The highest BCUT2D eigenvalue weighted by molar-refractivity contribution is 5.87. The molecule has 0 heterocycles. The Labute approximate surface area is 146 Å². The number of hydrogen-bond acceptors (Lipinski definition) is 3. The number of fused-ring (bicyclic) bond motifs is 1. The molecule has 1 N–H and O–H groups in total. The van der Waals surface area contributed by atoms with Crippen LogP contribution in [0.2, 0.25) is 0 Å². The van der Waals surface area contributed by atoms with Gasteiger partial charge >= 0.3 is 0 Å². The first-order chi connectivity index (χ1) is 11.6. The Kier molecular flexibility index (Phi) is 7.54. The van der Waals surface area contributed by atoms with Crippen molar-refractivity contribution < 1.29 is 9.84 Å². The second-order valence-electron chi connectivity index (χ2n) is 6.81. The van der Waals surface area contributed by atoms with Gasteiger partial charge in [-0.2, -0.15) is 0 Å². The van der Waals surface area contributed by atoms with Crippen LogP contribution in [0.1, 0.15) is 50.2 Å². The summed E-state index contributed by atoms with van der Waals surface area (Å²) in [6.45, 7) is 1.17. The third-order valence-electron chi connectivity index (χ3n) is 4.56. The molecule has 0 fully saturated rings. The third-order valence-corrected chi connectivity index (χ3v) is 4.56. The van der Waals surface area contributed by atoms with Gasteiger partial charge in [-0.25, -0.2) is 0 Å². The van der Waals surface area contributed by atoms with Gasteiger partial charge in [-0.15, -0.1) is 0 Å². The van der Waals surface area contributed by atoms with Gasteiger partial charge in [-0.05, 0) is 62.0 Å². The van der Waals surface area contributed by atoms with Gasteiger partial charge in [-0.3, -0.25) is 0 Å². The van der Waals surface area contributed by atoms with E-state index in [2.05, 4.69) is 25.1 Å². The van der Waals surface area contributed by atoms with Gasteiger partial charge in [0.05, 0.1) is 13.2 Å². The highest BCUT2D eigenvalue weighted by Gasteiger charge is 2.11. The van der Waals surface area contributed by atoms with E-state index < -0.39 is 0 Å². The number of nitrogens with zero attached hydrogens (tertiary/aromatic N) is 1. The number of ether oxygens (including phenoxy) is 1. The molecule has 24 heavy (non-hydrogen) atoms. The fourth-order valence-electron chi connectivity index (χ4n) is 3.16. The van der Waals surface area contributed by atoms with E-state index >= 15 is 0 Å². The van der Waals surface area contributed by atoms with Crippen LogP contribution in [0, 0.1) is 0 Å². The smallest absolute Gasteiger partial charge is 0.119 e. The standard InChI is InChI=1S/C21H31NO2/c1-22(2)15-8-6-4-5-7-12-21(23)20-11-9-10-17-16-18(24-3)13-14-19(17)20/h9-11,13-14,16,21,23H,4-8,12,15H2,1-3H3. The van der Waals surface area contributed by atoms with E-state index in [1.54, 1.807) is 7.11 Å². The number of methoxy groups -OCH3 is 1. The van der Waals surface area contributed by atoms with Gasteiger partial charge in [-0.1, -0.05) is 49.9 Å². The van der Waals surface area contributed by atoms with Gasteiger partial charge in [0.1, 0.15) is 5.75 Å². The quantitative estimate of drug-likeness (QED) is 0.637. The molecule has 0 spiro atoms.